The first-order valence-electron chi connectivity index (χ1n) is 5.89. The zero-order valence-corrected chi connectivity index (χ0v) is 10.9. The number of rotatable bonds is 5. The van der Waals surface area contributed by atoms with Crippen LogP contribution in [-0.2, 0) is 4.79 Å². The summed E-state index contributed by atoms with van der Waals surface area (Å²) in [5, 5.41) is 8.71. The van der Waals surface area contributed by atoms with Gasteiger partial charge in [0.05, 0.1) is 6.42 Å². The molecule has 1 aromatic carbocycles. The first-order valence-corrected chi connectivity index (χ1v) is 5.89. The van der Waals surface area contributed by atoms with Gasteiger partial charge in [0, 0.05) is 0 Å². The van der Waals surface area contributed by atoms with Crippen molar-refractivity contribution in [2.45, 2.75) is 46.1 Å². The highest BCUT2D eigenvalue weighted by Gasteiger charge is 2.13. The Kier molecular flexibility index (Phi) is 4.55. The summed E-state index contributed by atoms with van der Waals surface area (Å²) in [5.41, 5.74) is 2.24. The summed E-state index contributed by atoms with van der Waals surface area (Å²) in [4.78, 5) is 10.6. The van der Waals surface area contributed by atoms with Crippen LogP contribution in [0.25, 0.3) is 0 Å². The number of carboxylic acid groups (broad SMARTS) is 1. The van der Waals surface area contributed by atoms with E-state index in [4.69, 9.17) is 9.84 Å². The van der Waals surface area contributed by atoms with E-state index in [0.29, 0.717) is 5.92 Å². The highest BCUT2D eigenvalue weighted by Crippen LogP contribution is 2.28. The van der Waals surface area contributed by atoms with E-state index in [0.717, 1.165) is 16.9 Å². The third-order valence-corrected chi connectivity index (χ3v) is 2.58. The number of carboxylic acids is 1. The third-order valence-electron chi connectivity index (χ3n) is 2.58. The van der Waals surface area contributed by atoms with Crippen molar-refractivity contribution in [3.8, 4) is 5.75 Å². The van der Waals surface area contributed by atoms with E-state index in [1.165, 1.54) is 0 Å². The molecule has 0 aliphatic carbocycles. The maximum atomic E-state index is 10.6. The second-order valence-corrected chi connectivity index (χ2v) is 4.72. The fourth-order valence-electron chi connectivity index (χ4n) is 1.72. The molecule has 0 saturated heterocycles. The van der Waals surface area contributed by atoms with Gasteiger partial charge in [-0.3, -0.25) is 4.79 Å². The first kappa shape index (κ1) is 13.6. The molecule has 3 heteroatoms. The standard InChI is InChI=1S/C14H20O3/c1-9(2)12-6-5-10(3)7-13(12)17-11(4)8-14(15)16/h5-7,9,11H,8H2,1-4H3,(H,15,16). The van der Waals surface area contributed by atoms with E-state index in [9.17, 15) is 4.79 Å². The van der Waals surface area contributed by atoms with Crippen molar-refractivity contribution in [1.29, 1.82) is 0 Å². The lowest BCUT2D eigenvalue weighted by Crippen LogP contribution is -2.17. The van der Waals surface area contributed by atoms with E-state index in [2.05, 4.69) is 13.8 Å². The first-order chi connectivity index (χ1) is 7.90. The van der Waals surface area contributed by atoms with E-state index < -0.39 is 5.97 Å². The molecule has 1 rings (SSSR count). The predicted molar refractivity (Wildman–Crippen MR) is 67.6 cm³/mol. The Morgan fingerprint density at radius 3 is 2.53 bits per heavy atom. The summed E-state index contributed by atoms with van der Waals surface area (Å²) in [6.07, 6.45) is -0.294. The van der Waals surface area contributed by atoms with Crippen LogP contribution in [-0.4, -0.2) is 17.2 Å². The monoisotopic (exact) mass is 236 g/mol. The fourth-order valence-corrected chi connectivity index (χ4v) is 1.72. The number of hydrogen-bond donors (Lipinski definition) is 1. The molecule has 0 heterocycles. The summed E-state index contributed by atoms with van der Waals surface area (Å²) >= 11 is 0. The van der Waals surface area contributed by atoms with Crippen molar-refractivity contribution in [2.75, 3.05) is 0 Å². The summed E-state index contributed by atoms with van der Waals surface area (Å²) < 4.78 is 5.72. The molecular weight excluding hydrogens is 216 g/mol. The normalized spacial score (nSPS) is 12.5. The van der Waals surface area contributed by atoms with Crippen LogP contribution in [0.5, 0.6) is 5.75 Å². The van der Waals surface area contributed by atoms with Crippen LogP contribution < -0.4 is 4.74 Å². The van der Waals surface area contributed by atoms with Crippen molar-refractivity contribution < 1.29 is 14.6 Å². The lowest BCUT2D eigenvalue weighted by molar-refractivity contribution is -0.138. The van der Waals surface area contributed by atoms with Crippen molar-refractivity contribution in [1.82, 2.24) is 0 Å². The van der Waals surface area contributed by atoms with E-state index in [1.54, 1.807) is 6.92 Å². The number of benzene rings is 1. The minimum absolute atomic E-state index is 0.0193. The van der Waals surface area contributed by atoms with Crippen molar-refractivity contribution in [3.05, 3.63) is 29.3 Å². The van der Waals surface area contributed by atoms with Crippen LogP contribution in [0.3, 0.4) is 0 Å². The Morgan fingerprint density at radius 1 is 1.35 bits per heavy atom. The quantitative estimate of drug-likeness (QED) is 0.852. The zero-order chi connectivity index (χ0) is 13.0. The molecule has 0 aromatic heterocycles. The lowest BCUT2D eigenvalue weighted by atomic mass is 10.0. The van der Waals surface area contributed by atoms with Crippen LogP contribution in [0.2, 0.25) is 0 Å². The second-order valence-electron chi connectivity index (χ2n) is 4.72. The molecule has 0 bridgehead atoms. The average Bonchev–Trinajstić information content (AvgIpc) is 2.15. The molecule has 0 fully saturated rings. The molecule has 1 aromatic rings. The minimum Gasteiger partial charge on any atom is -0.490 e. The van der Waals surface area contributed by atoms with Gasteiger partial charge in [-0.1, -0.05) is 26.0 Å². The zero-order valence-electron chi connectivity index (χ0n) is 10.9. The third kappa shape index (κ3) is 4.10. The summed E-state index contributed by atoms with van der Waals surface area (Å²) in [7, 11) is 0. The average molecular weight is 236 g/mol. The molecule has 3 nitrogen and oxygen atoms in total. The highest BCUT2D eigenvalue weighted by atomic mass is 16.5. The van der Waals surface area contributed by atoms with Gasteiger partial charge in [-0.2, -0.15) is 0 Å². The summed E-state index contributed by atoms with van der Waals surface area (Å²) in [6.45, 7) is 7.97. The molecule has 17 heavy (non-hydrogen) atoms. The predicted octanol–water partition coefficient (Wildman–Crippen LogP) is 3.36. The van der Waals surface area contributed by atoms with Gasteiger partial charge in [0.1, 0.15) is 11.9 Å². The van der Waals surface area contributed by atoms with Crippen LogP contribution in [0, 0.1) is 6.92 Å². The van der Waals surface area contributed by atoms with Gasteiger partial charge < -0.3 is 9.84 Å². The molecule has 0 aliphatic heterocycles. The van der Waals surface area contributed by atoms with Gasteiger partial charge in [-0.05, 0) is 37.0 Å². The topological polar surface area (TPSA) is 46.5 Å². The molecule has 1 atom stereocenters. The van der Waals surface area contributed by atoms with Crippen LogP contribution in [0.1, 0.15) is 44.2 Å². The molecule has 1 N–H and O–H groups in total. The number of ether oxygens (including phenoxy) is 1. The van der Waals surface area contributed by atoms with Crippen molar-refractivity contribution in [2.24, 2.45) is 0 Å². The Bertz CT molecular complexity index is 396. The molecule has 0 radical (unpaired) electrons. The molecule has 0 amide bonds. The number of carbonyl (C=O) groups is 1. The van der Waals surface area contributed by atoms with Gasteiger partial charge in [-0.25, -0.2) is 0 Å². The fraction of sp³-hybridized carbons (Fsp3) is 0.500. The van der Waals surface area contributed by atoms with Gasteiger partial charge in [0.2, 0.25) is 0 Å². The molecular formula is C14H20O3. The lowest BCUT2D eigenvalue weighted by Gasteiger charge is -2.18. The van der Waals surface area contributed by atoms with Crippen LogP contribution in [0.15, 0.2) is 18.2 Å². The maximum absolute atomic E-state index is 10.6. The Hall–Kier alpha value is -1.51. The van der Waals surface area contributed by atoms with Crippen molar-refractivity contribution in [3.63, 3.8) is 0 Å². The molecule has 0 saturated carbocycles. The molecule has 94 valence electrons. The maximum Gasteiger partial charge on any atom is 0.307 e. The van der Waals surface area contributed by atoms with Crippen LogP contribution >= 0.6 is 0 Å². The van der Waals surface area contributed by atoms with E-state index in [1.807, 2.05) is 25.1 Å². The number of hydrogen-bond acceptors (Lipinski definition) is 2. The van der Waals surface area contributed by atoms with Gasteiger partial charge in [-0.15, -0.1) is 0 Å². The number of aryl methyl sites for hydroxylation is 1. The van der Waals surface area contributed by atoms with Gasteiger partial charge in [0.25, 0.3) is 0 Å². The van der Waals surface area contributed by atoms with Crippen LogP contribution in [0.4, 0.5) is 0 Å². The Morgan fingerprint density at radius 2 is 2.00 bits per heavy atom. The van der Waals surface area contributed by atoms with Gasteiger partial charge in [0.15, 0.2) is 0 Å². The van der Waals surface area contributed by atoms with Gasteiger partial charge >= 0.3 is 5.97 Å². The minimum atomic E-state index is -0.837. The highest BCUT2D eigenvalue weighted by molar-refractivity contribution is 5.67. The SMILES string of the molecule is Cc1ccc(C(C)C)c(OC(C)CC(=O)O)c1. The smallest absolute Gasteiger partial charge is 0.307 e. The largest absolute Gasteiger partial charge is 0.490 e. The molecule has 0 spiro atoms. The van der Waals surface area contributed by atoms with Crippen molar-refractivity contribution >= 4 is 5.97 Å². The Labute approximate surface area is 102 Å². The van der Waals surface area contributed by atoms with E-state index >= 15 is 0 Å². The molecule has 0 aliphatic rings. The number of aliphatic carboxylic acids is 1. The summed E-state index contributed by atoms with van der Waals surface area (Å²) in [5.74, 6) is 0.327. The van der Waals surface area contributed by atoms with E-state index in [-0.39, 0.29) is 12.5 Å². The Balaban J connectivity index is 2.88. The second kappa shape index (κ2) is 5.71. The molecule has 1 unspecified atom stereocenters. The summed E-state index contributed by atoms with van der Waals surface area (Å²) in [6, 6.07) is 6.06.